The predicted molar refractivity (Wildman–Crippen MR) is 90.1 cm³/mol. The van der Waals surface area contributed by atoms with Crippen molar-refractivity contribution in [1.82, 2.24) is 0 Å². The predicted octanol–water partition coefficient (Wildman–Crippen LogP) is 2.92. The van der Waals surface area contributed by atoms with Gasteiger partial charge < -0.3 is 9.47 Å². The van der Waals surface area contributed by atoms with Crippen LogP contribution in [0.4, 0.5) is 0 Å². The molecule has 0 saturated heterocycles. The minimum absolute atomic E-state index is 0.0812. The molecule has 0 radical (unpaired) electrons. The van der Waals surface area contributed by atoms with Crippen LogP contribution in [0.5, 0.6) is 0 Å². The first kappa shape index (κ1) is 20.6. The molecule has 1 rings (SSSR count). The highest BCUT2D eigenvalue weighted by molar-refractivity contribution is 7.86. The normalized spacial score (nSPS) is 11.4. The summed E-state index contributed by atoms with van der Waals surface area (Å²) in [5.74, 6) is -0.224. The van der Waals surface area contributed by atoms with E-state index in [1.807, 2.05) is 0 Å². The Kier molecular flexibility index (Phi) is 10.3. The molecule has 0 N–H and O–H groups in total. The molecule has 0 aliphatic heterocycles. The highest BCUT2D eigenvalue weighted by Gasteiger charge is 2.13. The van der Waals surface area contributed by atoms with Gasteiger partial charge in [0.1, 0.15) is 6.61 Å². The summed E-state index contributed by atoms with van der Waals surface area (Å²) in [5.41, 5.74) is 0. The van der Waals surface area contributed by atoms with Gasteiger partial charge >= 0.3 is 5.97 Å². The van der Waals surface area contributed by atoms with Crippen molar-refractivity contribution in [3.05, 3.63) is 30.3 Å². The number of rotatable bonds is 13. The van der Waals surface area contributed by atoms with E-state index in [1.165, 1.54) is 12.1 Å². The maximum absolute atomic E-state index is 11.8. The van der Waals surface area contributed by atoms with Gasteiger partial charge in [0.15, 0.2) is 0 Å². The molecular weight excluding hydrogens is 332 g/mol. The fraction of sp³-hybridized carbons (Fsp3) is 0.588. The number of esters is 1. The van der Waals surface area contributed by atoms with E-state index in [9.17, 15) is 13.2 Å². The molecule has 0 aromatic heterocycles. The number of benzene rings is 1. The van der Waals surface area contributed by atoms with Crippen molar-refractivity contribution in [2.75, 3.05) is 26.4 Å². The van der Waals surface area contributed by atoms with Gasteiger partial charge in [-0.3, -0.25) is 8.98 Å². The van der Waals surface area contributed by atoms with E-state index >= 15 is 0 Å². The smallest absolute Gasteiger partial charge is 0.305 e. The average molecular weight is 358 g/mol. The molecule has 0 bridgehead atoms. The molecule has 136 valence electrons. The summed E-state index contributed by atoms with van der Waals surface area (Å²) in [5, 5.41) is 0. The highest BCUT2D eigenvalue weighted by Crippen LogP contribution is 2.10. The summed E-state index contributed by atoms with van der Waals surface area (Å²) in [6.07, 6.45) is 4.57. The first-order valence-electron chi connectivity index (χ1n) is 8.24. The second-order valence-electron chi connectivity index (χ2n) is 5.23. The van der Waals surface area contributed by atoms with Crippen molar-refractivity contribution in [3.8, 4) is 0 Å². The molecule has 0 aliphatic carbocycles. The summed E-state index contributed by atoms with van der Waals surface area (Å²) in [7, 11) is -3.75. The zero-order valence-corrected chi connectivity index (χ0v) is 14.9. The fourth-order valence-electron chi connectivity index (χ4n) is 1.94. The third kappa shape index (κ3) is 9.00. The van der Waals surface area contributed by atoms with Crippen molar-refractivity contribution in [2.24, 2.45) is 0 Å². The van der Waals surface area contributed by atoms with Gasteiger partial charge in [-0.1, -0.05) is 44.4 Å². The molecule has 0 spiro atoms. The molecule has 1 aromatic carbocycles. The molecule has 6 nitrogen and oxygen atoms in total. The van der Waals surface area contributed by atoms with Gasteiger partial charge in [0.2, 0.25) is 0 Å². The van der Waals surface area contributed by atoms with Crippen molar-refractivity contribution >= 4 is 16.1 Å². The maximum atomic E-state index is 11.8. The van der Waals surface area contributed by atoms with Crippen molar-refractivity contribution in [2.45, 2.75) is 43.9 Å². The van der Waals surface area contributed by atoms with Crippen molar-refractivity contribution < 1.29 is 26.9 Å². The summed E-state index contributed by atoms with van der Waals surface area (Å²) in [4.78, 5) is 11.5. The lowest BCUT2D eigenvalue weighted by Crippen LogP contribution is -2.15. The maximum Gasteiger partial charge on any atom is 0.305 e. The topological polar surface area (TPSA) is 78.9 Å². The molecule has 0 saturated carbocycles. The van der Waals surface area contributed by atoms with E-state index in [0.29, 0.717) is 6.42 Å². The monoisotopic (exact) mass is 358 g/mol. The lowest BCUT2D eigenvalue weighted by Gasteiger charge is -2.07. The van der Waals surface area contributed by atoms with Crippen LogP contribution in [-0.4, -0.2) is 40.8 Å². The number of ether oxygens (including phenoxy) is 2. The molecule has 0 aliphatic rings. The fourth-order valence-corrected chi connectivity index (χ4v) is 2.86. The number of carbonyl (C=O) groups is 1. The van der Waals surface area contributed by atoms with E-state index in [0.717, 1.165) is 25.7 Å². The molecule has 7 heteroatoms. The average Bonchev–Trinajstić information content (AvgIpc) is 2.58. The van der Waals surface area contributed by atoms with Crippen molar-refractivity contribution in [1.29, 1.82) is 0 Å². The first-order chi connectivity index (χ1) is 11.6. The van der Waals surface area contributed by atoms with Crippen LogP contribution >= 0.6 is 0 Å². The van der Waals surface area contributed by atoms with Crippen LogP contribution in [0.2, 0.25) is 0 Å². The van der Waals surface area contributed by atoms with Crippen LogP contribution in [-0.2, 0) is 28.6 Å². The van der Waals surface area contributed by atoms with E-state index in [1.54, 1.807) is 18.2 Å². The van der Waals surface area contributed by atoms with Crippen LogP contribution < -0.4 is 0 Å². The molecule has 24 heavy (non-hydrogen) atoms. The number of unbranched alkanes of at least 4 members (excludes halogenated alkanes) is 3. The van der Waals surface area contributed by atoms with Crippen molar-refractivity contribution in [3.63, 3.8) is 0 Å². The van der Waals surface area contributed by atoms with Gasteiger partial charge in [-0.15, -0.1) is 0 Å². The Morgan fingerprint density at radius 3 is 2.38 bits per heavy atom. The Balaban J connectivity index is 2.03. The summed E-state index contributed by atoms with van der Waals surface area (Å²) in [6.45, 7) is 2.53. The first-order valence-corrected chi connectivity index (χ1v) is 9.65. The third-order valence-electron chi connectivity index (χ3n) is 3.22. The van der Waals surface area contributed by atoms with E-state index in [2.05, 4.69) is 6.92 Å². The van der Waals surface area contributed by atoms with Gasteiger partial charge in [-0.2, -0.15) is 8.42 Å². The minimum atomic E-state index is -3.75. The van der Waals surface area contributed by atoms with Gasteiger partial charge in [0.05, 0.1) is 24.7 Å². The third-order valence-corrected chi connectivity index (χ3v) is 4.55. The van der Waals surface area contributed by atoms with Gasteiger partial charge in [0.25, 0.3) is 10.1 Å². The molecule has 0 atom stereocenters. The van der Waals surface area contributed by atoms with E-state index in [-0.39, 0.29) is 37.3 Å². The Morgan fingerprint density at radius 1 is 0.958 bits per heavy atom. The zero-order chi connectivity index (χ0) is 17.7. The van der Waals surface area contributed by atoms with Crippen LogP contribution in [0.1, 0.15) is 39.0 Å². The summed E-state index contributed by atoms with van der Waals surface area (Å²) < 4.78 is 38.7. The molecule has 0 fully saturated rings. The number of carbonyl (C=O) groups excluding carboxylic acids is 1. The Bertz CT molecular complexity index is 556. The lowest BCUT2D eigenvalue weighted by atomic mass is 10.2. The number of hydrogen-bond donors (Lipinski definition) is 0. The molecule has 0 amide bonds. The molecule has 0 heterocycles. The van der Waals surface area contributed by atoms with Crippen LogP contribution in [0.3, 0.4) is 0 Å². The summed E-state index contributed by atoms with van der Waals surface area (Å²) in [6, 6.07) is 7.92. The van der Waals surface area contributed by atoms with Crippen LogP contribution in [0.15, 0.2) is 35.2 Å². The quantitative estimate of drug-likeness (QED) is 0.306. The van der Waals surface area contributed by atoms with Gasteiger partial charge in [-0.25, -0.2) is 0 Å². The zero-order valence-electron chi connectivity index (χ0n) is 14.1. The van der Waals surface area contributed by atoms with E-state index in [4.69, 9.17) is 13.7 Å². The minimum Gasteiger partial charge on any atom is -0.463 e. The molecule has 0 unspecified atom stereocenters. The highest BCUT2D eigenvalue weighted by atomic mass is 32.2. The number of hydrogen-bond acceptors (Lipinski definition) is 6. The van der Waals surface area contributed by atoms with Gasteiger partial charge in [0, 0.05) is 6.42 Å². The Morgan fingerprint density at radius 2 is 1.67 bits per heavy atom. The Hall–Kier alpha value is -1.44. The molecular formula is C17H26O6S. The summed E-state index contributed by atoms with van der Waals surface area (Å²) >= 11 is 0. The lowest BCUT2D eigenvalue weighted by molar-refractivity contribution is -0.145. The standard InChI is InChI=1S/C17H26O6S/c1-2-3-4-8-11-17(18)22-14-12-21-13-15-23-24(19,20)16-9-6-5-7-10-16/h5-7,9-10H,2-4,8,11-15H2,1H3. The Labute approximate surface area is 144 Å². The largest absolute Gasteiger partial charge is 0.463 e. The second kappa shape index (κ2) is 12.0. The van der Waals surface area contributed by atoms with Crippen LogP contribution in [0, 0.1) is 0 Å². The SMILES string of the molecule is CCCCCCC(=O)OCCOCCOS(=O)(=O)c1ccccc1. The molecule has 1 aromatic rings. The van der Waals surface area contributed by atoms with Gasteiger partial charge in [-0.05, 0) is 18.6 Å². The van der Waals surface area contributed by atoms with Crippen LogP contribution in [0.25, 0.3) is 0 Å². The van der Waals surface area contributed by atoms with E-state index < -0.39 is 10.1 Å². The second-order valence-corrected chi connectivity index (χ2v) is 6.85.